The summed E-state index contributed by atoms with van der Waals surface area (Å²) in [4.78, 5) is 31.8. The van der Waals surface area contributed by atoms with Crippen molar-refractivity contribution in [3.63, 3.8) is 0 Å². The molecule has 4 heterocycles. The first kappa shape index (κ1) is 21.3. The average molecular weight is 451 g/mol. The Bertz CT molecular complexity index is 1120. The van der Waals surface area contributed by atoms with Gasteiger partial charge in [0.2, 0.25) is 11.7 Å². The number of aryl methyl sites for hydroxylation is 1. The highest BCUT2D eigenvalue weighted by atomic mass is 16.5. The Labute approximate surface area is 190 Å². The maximum Gasteiger partial charge on any atom is 0.291 e. The van der Waals surface area contributed by atoms with Gasteiger partial charge in [0, 0.05) is 32.2 Å². The molecular weight excluding hydrogens is 424 g/mol. The predicted molar refractivity (Wildman–Crippen MR) is 118 cm³/mol. The molecule has 0 bridgehead atoms. The van der Waals surface area contributed by atoms with Crippen LogP contribution in [0.1, 0.15) is 28.3 Å². The second-order valence-corrected chi connectivity index (χ2v) is 8.19. The van der Waals surface area contributed by atoms with Gasteiger partial charge < -0.3 is 15.4 Å². The molecule has 0 aliphatic carbocycles. The van der Waals surface area contributed by atoms with Crippen LogP contribution in [0.5, 0.6) is 0 Å². The number of benzene rings is 1. The van der Waals surface area contributed by atoms with Crippen LogP contribution in [0.15, 0.2) is 42.7 Å². The van der Waals surface area contributed by atoms with Gasteiger partial charge in [-0.15, -0.1) is 5.10 Å². The predicted octanol–water partition coefficient (Wildman–Crippen LogP) is 0.496. The molecule has 2 aliphatic heterocycles. The van der Waals surface area contributed by atoms with E-state index in [1.165, 1.54) is 6.33 Å². The average Bonchev–Trinajstić information content (AvgIpc) is 3.41. The number of anilines is 1. The fourth-order valence-electron chi connectivity index (χ4n) is 4.01. The molecule has 2 amide bonds. The van der Waals surface area contributed by atoms with Crippen LogP contribution in [-0.4, -0.2) is 73.6 Å². The monoisotopic (exact) mass is 450 g/mol. The number of aromatic nitrogens is 5. The third-order valence-electron chi connectivity index (χ3n) is 5.75. The number of carbonyl (C=O) groups is 2. The van der Waals surface area contributed by atoms with Crippen molar-refractivity contribution in [1.82, 2.24) is 34.8 Å². The van der Waals surface area contributed by atoms with Crippen LogP contribution >= 0.6 is 0 Å². The molecule has 3 aromatic rings. The number of hydrogen-bond donors (Lipinski definition) is 2. The van der Waals surface area contributed by atoms with Gasteiger partial charge in [-0.1, -0.05) is 30.3 Å². The van der Waals surface area contributed by atoms with Crippen molar-refractivity contribution in [3.8, 4) is 0 Å². The van der Waals surface area contributed by atoms with Gasteiger partial charge in [-0.3, -0.25) is 14.5 Å². The number of rotatable bonds is 6. The Morgan fingerprint density at radius 2 is 1.94 bits per heavy atom. The van der Waals surface area contributed by atoms with Crippen molar-refractivity contribution in [2.24, 2.45) is 0 Å². The lowest BCUT2D eigenvalue weighted by Crippen LogP contribution is -2.43. The van der Waals surface area contributed by atoms with Crippen molar-refractivity contribution in [2.45, 2.75) is 32.1 Å². The summed E-state index contributed by atoms with van der Waals surface area (Å²) in [7, 11) is 0. The number of fused-ring (bicyclic) bond motifs is 1. The van der Waals surface area contributed by atoms with Gasteiger partial charge in [0.15, 0.2) is 0 Å². The van der Waals surface area contributed by atoms with Gasteiger partial charge in [0.05, 0.1) is 25.5 Å². The highest BCUT2D eigenvalue weighted by Gasteiger charge is 2.28. The van der Waals surface area contributed by atoms with E-state index < -0.39 is 11.9 Å². The lowest BCUT2D eigenvalue weighted by atomic mass is 10.2. The molecule has 2 aliphatic rings. The summed E-state index contributed by atoms with van der Waals surface area (Å²) in [5, 5.41) is 14.5. The normalized spacial score (nSPS) is 18.9. The van der Waals surface area contributed by atoms with E-state index in [-0.39, 0.29) is 11.7 Å². The molecule has 172 valence electrons. The number of amides is 2. The molecule has 2 N–H and O–H groups in total. The molecule has 0 radical (unpaired) electrons. The molecule has 0 unspecified atom stereocenters. The zero-order valence-corrected chi connectivity index (χ0v) is 18.2. The van der Waals surface area contributed by atoms with Gasteiger partial charge in [-0.05, 0) is 12.0 Å². The molecule has 5 rings (SSSR count). The smallest absolute Gasteiger partial charge is 0.291 e. The van der Waals surface area contributed by atoms with Gasteiger partial charge in [0.25, 0.3) is 5.91 Å². The second-order valence-electron chi connectivity index (χ2n) is 8.19. The minimum Gasteiger partial charge on any atom is -0.379 e. The zero-order chi connectivity index (χ0) is 22.6. The molecule has 1 atom stereocenters. The van der Waals surface area contributed by atoms with Crippen LogP contribution in [0.2, 0.25) is 0 Å². The molecule has 1 aromatic carbocycles. The van der Waals surface area contributed by atoms with Crippen LogP contribution in [0.25, 0.3) is 0 Å². The van der Waals surface area contributed by atoms with Crippen molar-refractivity contribution in [1.29, 1.82) is 0 Å². The summed E-state index contributed by atoms with van der Waals surface area (Å²) in [5.41, 5.74) is 1.96. The summed E-state index contributed by atoms with van der Waals surface area (Å²) in [6, 6.07) is 11.0. The lowest BCUT2D eigenvalue weighted by Gasteiger charge is -2.25. The molecule has 1 fully saturated rings. The number of ether oxygens (including phenoxy) is 1. The largest absolute Gasteiger partial charge is 0.379 e. The first-order valence-corrected chi connectivity index (χ1v) is 11.1. The van der Waals surface area contributed by atoms with Crippen molar-refractivity contribution in [3.05, 3.63) is 59.8 Å². The summed E-state index contributed by atoms with van der Waals surface area (Å²) < 4.78 is 8.77. The minimum absolute atomic E-state index is 0.0357. The highest BCUT2D eigenvalue weighted by Crippen LogP contribution is 2.18. The van der Waals surface area contributed by atoms with E-state index in [4.69, 9.17) is 4.74 Å². The van der Waals surface area contributed by atoms with Crippen LogP contribution in [0, 0.1) is 0 Å². The molecular formula is C22H26N8O3. The summed E-state index contributed by atoms with van der Waals surface area (Å²) >= 11 is 0. The SMILES string of the molecule is O=C(N[C@H]1CCn2nc(CN3CCOCC3)cc2NC1=O)c1ncn(Cc2ccccc2)n1. The fourth-order valence-corrected chi connectivity index (χ4v) is 4.01. The van der Waals surface area contributed by atoms with E-state index in [0.29, 0.717) is 25.3 Å². The van der Waals surface area contributed by atoms with Gasteiger partial charge in [0.1, 0.15) is 18.2 Å². The topological polar surface area (TPSA) is 119 Å². The maximum atomic E-state index is 12.7. The Balaban J connectivity index is 1.18. The molecule has 0 saturated carbocycles. The Hall–Kier alpha value is -3.57. The summed E-state index contributed by atoms with van der Waals surface area (Å²) in [6.45, 7) is 4.94. The number of carbonyl (C=O) groups excluding carboxylic acids is 2. The van der Waals surface area contributed by atoms with Gasteiger partial charge >= 0.3 is 0 Å². The number of hydrogen-bond acceptors (Lipinski definition) is 7. The molecule has 33 heavy (non-hydrogen) atoms. The Kier molecular flexibility index (Phi) is 6.13. The summed E-state index contributed by atoms with van der Waals surface area (Å²) in [5.74, 6) is -0.0723. The third kappa shape index (κ3) is 5.10. The first-order valence-electron chi connectivity index (χ1n) is 11.1. The Morgan fingerprint density at radius 3 is 2.76 bits per heavy atom. The standard InChI is InChI=1S/C22H26N8O3/c31-21-18(24-22(32)20-23-15-29(27-20)13-16-4-2-1-3-5-16)6-7-30-19(25-21)12-17(26-30)14-28-8-10-33-11-9-28/h1-5,12,15,18H,6-11,13-14H2,(H,24,32)(H,25,31)/t18-/m0/s1. The fraction of sp³-hybridized carbons (Fsp3) is 0.409. The maximum absolute atomic E-state index is 12.7. The number of nitrogens with zero attached hydrogens (tertiary/aromatic N) is 6. The molecule has 2 aromatic heterocycles. The van der Waals surface area contributed by atoms with Crippen LogP contribution in [0.4, 0.5) is 5.82 Å². The van der Waals surface area contributed by atoms with Crippen molar-refractivity contribution < 1.29 is 14.3 Å². The minimum atomic E-state index is -0.692. The van der Waals surface area contributed by atoms with Crippen molar-refractivity contribution in [2.75, 3.05) is 31.6 Å². The zero-order valence-electron chi connectivity index (χ0n) is 18.2. The molecule has 1 saturated heterocycles. The third-order valence-corrected chi connectivity index (χ3v) is 5.75. The first-order chi connectivity index (χ1) is 16.1. The van der Waals surface area contributed by atoms with Gasteiger partial charge in [-0.2, -0.15) is 5.10 Å². The van der Waals surface area contributed by atoms with E-state index >= 15 is 0 Å². The molecule has 0 spiro atoms. The van der Waals surface area contributed by atoms with E-state index in [1.807, 2.05) is 36.4 Å². The van der Waals surface area contributed by atoms with E-state index in [2.05, 4.69) is 30.7 Å². The van der Waals surface area contributed by atoms with E-state index in [1.54, 1.807) is 9.36 Å². The van der Waals surface area contributed by atoms with E-state index in [9.17, 15) is 9.59 Å². The van der Waals surface area contributed by atoms with E-state index in [0.717, 1.165) is 44.1 Å². The van der Waals surface area contributed by atoms with Gasteiger partial charge in [-0.25, -0.2) is 14.3 Å². The Morgan fingerprint density at radius 1 is 1.12 bits per heavy atom. The quantitative estimate of drug-likeness (QED) is 0.561. The van der Waals surface area contributed by atoms with Crippen LogP contribution < -0.4 is 10.6 Å². The highest BCUT2D eigenvalue weighted by molar-refractivity contribution is 5.99. The number of nitrogens with one attached hydrogen (secondary N) is 2. The molecule has 11 nitrogen and oxygen atoms in total. The summed E-state index contributed by atoms with van der Waals surface area (Å²) in [6.07, 6.45) is 1.94. The lowest BCUT2D eigenvalue weighted by molar-refractivity contribution is -0.118. The van der Waals surface area contributed by atoms with Crippen LogP contribution in [-0.2, 0) is 29.2 Å². The van der Waals surface area contributed by atoms with Crippen LogP contribution in [0.3, 0.4) is 0 Å². The second kappa shape index (κ2) is 9.51. The number of morpholine rings is 1. The molecule has 11 heteroatoms. The van der Waals surface area contributed by atoms with Crippen molar-refractivity contribution >= 4 is 17.6 Å².